The molecule has 0 fully saturated rings. The fourth-order valence-corrected chi connectivity index (χ4v) is 2.29. The number of hydrogen-bond donors (Lipinski definition) is 1. The van der Waals surface area contributed by atoms with Crippen molar-refractivity contribution in [2.24, 2.45) is 0 Å². The molecule has 100 valence electrons. The van der Waals surface area contributed by atoms with Crippen molar-refractivity contribution in [3.63, 3.8) is 0 Å². The van der Waals surface area contributed by atoms with E-state index < -0.39 is 5.97 Å². The number of carbonyl (C=O) groups is 1. The SMILES string of the molecule is Cc1cc(C)c2oc(-c3cccc(C(=O)O)c3)nc2c1. The van der Waals surface area contributed by atoms with Crippen LogP contribution in [-0.2, 0) is 0 Å². The first-order chi connectivity index (χ1) is 9.54. The van der Waals surface area contributed by atoms with Crippen LogP contribution in [0.1, 0.15) is 21.5 Å². The van der Waals surface area contributed by atoms with E-state index in [1.54, 1.807) is 24.3 Å². The highest BCUT2D eigenvalue weighted by atomic mass is 16.4. The van der Waals surface area contributed by atoms with E-state index in [2.05, 4.69) is 4.98 Å². The lowest BCUT2D eigenvalue weighted by Crippen LogP contribution is -1.95. The first-order valence-electron chi connectivity index (χ1n) is 6.26. The Labute approximate surface area is 115 Å². The van der Waals surface area contributed by atoms with E-state index >= 15 is 0 Å². The minimum absolute atomic E-state index is 0.220. The second-order valence-electron chi connectivity index (χ2n) is 4.84. The molecule has 0 saturated carbocycles. The first kappa shape index (κ1) is 12.4. The van der Waals surface area contributed by atoms with Crippen molar-refractivity contribution in [1.29, 1.82) is 0 Å². The summed E-state index contributed by atoms with van der Waals surface area (Å²) < 4.78 is 5.77. The summed E-state index contributed by atoms with van der Waals surface area (Å²) >= 11 is 0. The van der Waals surface area contributed by atoms with Crippen molar-refractivity contribution in [1.82, 2.24) is 4.98 Å². The van der Waals surface area contributed by atoms with Gasteiger partial charge in [0.25, 0.3) is 0 Å². The molecule has 3 aromatic rings. The van der Waals surface area contributed by atoms with E-state index in [-0.39, 0.29) is 5.56 Å². The summed E-state index contributed by atoms with van der Waals surface area (Å²) in [5.41, 5.74) is 4.56. The fraction of sp³-hybridized carbons (Fsp3) is 0.125. The molecule has 0 unspecified atom stereocenters. The Morgan fingerprint density at radius 1 is 1.20 bits per heavy atom. The van der Waals surface area contributed by atoms with Crippen LogP contribution in [-0.4, -0.2) is 16.1 Å². The summed E-state index contributed by atoms with van der Waals surface area (Å²) in [6.45, 7) is 3.98. The molecule has 3 rings (SSSR count). The van der Waals surface area contributed by atoms with Crippen LogP contribution in [0.5, 0.6) is 0 Å². The summed E-state index contributed by atoms with van der Waals surface area (Å²) in [7, 11) is 0. The van der Waals surface area contributed by atoms with Gasteiger partial charge in [0.2, 0.25) is 5.89 Å². The summed E-state index contributed by atoms with van der Waals surface area (Å²) in [4.78, 5) is 15.4. The van der Waals surface area contributed by atoms with Crippen molar-refractivity contribution < 1.29 is 14.3 Å². The van der Waals surface area contributed by atoms with Crippen molar-refractivity contribution in [3.8, 4) is 11.5 Å². The largest absolute Gasteiger partial charge is 0.478 e. The van der Waals surface area contributed by atoms with Gasteiger partial charge in [-0.15, -0.1) is 0 Å². The van der Waals surface area contributed by atoms with Gasteiger partial charge < -0.3 is 9.52 Å². The first-order valence-corrected chi connectivity index (χ1v) is 6.26. The van der Waals surface area contributed by atoms with Crippen LogP contribution in [0, 0.1) is 13.8 Å². The molecule has 0 aliphatic carbocycles. The second kappa shape index (κ2) is 4.49. The van der Waals surface area contributed by atoms with Crippen LogP contribution in [0.2, 0.25) is 0 Å². The van der Waals surface area contributed by atoms with Gasteiger partial charge in [0.1, 0.15) is 5.52 Å². The third kappa shape index (κ3) is 2.05. The van der Waals surface area contributed by atoms with Crippen LogP contribution in [0.3, 0.4) is 0 Å². The highest BCUT2D eigenvalue weighted by Crippen LogP contribution is 2.27. The Bertz CT molecular complexity index is 818. The molecular weight excluding hydrogens is 254 g/mol. The average Bonchev–Trinajstić information content (AvgIpc) is 2.83. The standard InChI is InChI=1S/C16H13NO3/c1-9-6-10(2)14-13(7-9)17-15(20-14)11-4-3-5-12(8-11)16(18)19/h3-8H,1-2H3,(H,18,19). The molecule has 1 aromatic heterocycles. The molecule has 4 nitrogen and oxygen atoms in total. The molecule has 0 spiro atoms. The molecule has 0 saturated heterocycles. The van der Waals surface area contributed by atoms with Crippen LogP contribution >= 0.6 is 0 Å². The van der Waals surface area contributed by atoms with E-state index in [1.165, 1.54) is 0 Å². The summed E-state index contributed by atoms with van der Waals surface area (Å²) in [5, 5.41) is 9.03. The van der Waals surface area contributed by atoms with Gasteiger partial charge in [0, 0.05) is 5.56 Å². The number of oxazole rings is 1. The van der Waals surface area contributed by atoms with E-state index in [0.717, 1.165) is 22.2 Å². The maximum Gasteiger partial charge on any atom is 0.335 e. The lowest BCUT2D eigenvalue weighted by molar-refractivity contribution is 0.0697. The number of benzene rings is 2. The number of fused-ring (bicyclic) bond motifs is 1. The molecule has 20 heavy (non-hydrogen) atoms. The van der Waals surface area contributed by atoms with Crippen LogP contribution in [0.4, 0.5) is 0 Å². The molecule has 1 N–H and O–H groups in total. The van der Waals surface area contributed by atoms with Gasteiger partial charge >= 0.3 is 5.97 Å². The monoisotopic (exact) mass is 267 g/mol. The number of carboxylic acid groups (broad SMARTS) is 1. The third-order valence-corrected chi connectivity index (χ3v) is 3.18. The van der Waals surface area contributed by atoms with Gasteiger partial charge in [-0.1, -0.05) is 12.1 Å². The molecule has 0 radical (unpaired) electrons. The zero-order valence-electron chi connectivity index (χ0n) is 11.2. The smallest absolute Gasteiger partial charge is 0.335 e. The Morgan fingerprint density at radius 2 is 2.00 bits per heavy atom. The molecular formula is C16H13NO3. The Hall–Kier alpha value is -2.62. The second-order valence-corrected chi connectivity index (χ2v) is 4.84. The number of carboxylic acids is 1. The normalized spacial score (nSPS) is 10.9. The quantitative estimate of drug-likeness (QED) is 0.766. The number of aromatic carboxylic acids is 1. The molecule has 0 atom stereocenters. The molecule has 0 aliphatic rings. The van der Waals surface area contributed by atoms with E-state index in [9.17, 15) is 4.79 Å². The zero-order chi connectivity index (χ0) is 14.3. The molecule has 1 heterocycles. The minimum Gasteiger partial charge on any atom is -0.478 e. The zero-order valence-corrected chi connectivity index (χ0v) is 11.2. The van der Waals surface area contributed by atoms with Gasteiger partial charge in [-0.2, -0.15) is 0 Å². The lowest BCUT2D eigenvalue weighted by atomic mass is 10.1. The summed E-state index contributed by atoms with van der Waals surface area (Å²) in [5.74, 6) is -0.521. The van der Waals surface area contributed by atoms with E-state index in [0.29, 0.717) is 11.5 Å². The molecule has 4 heteroatoms. The number of rotatable bonds is 2. The van der Waals surface area contributed by atoms with Crippen LogP contribution in [0.15, 0.2) is 40.8 Å². The minimum atomic E-state index is -0.963. The lowest BCUT2D eigenvalue weighted by Gasteiger charge is -1.97. The van der Waals surface area contributed by atoms with Gasteiger partial charge in [-0.3, -0.25) is 0 Å². The van der Waals surface area contributed by atoms with E-state index in [1.807, 2.05) is 26.0 Å². The number of nitrogens with zero attached hydrogens (tertiary/aromatic N) is 1. The third-order valence-electron chi connectivity index (χ3n) is 3.18. The number of aryl methyl sites for hydroxylation is 2. The van der Waals surface area contributed by atoms with Crippen LogP contribution in [0.25, 0.3) is 22.6 Å². The van der Waals surface area contributed by atoms with Gasteiger partial charge in [-0.05, 0) is 49.2 Å². The van der Waals surface area contributed by atoms with Gasteiger partial charge in [0.05, 0.1) is 5.56 Å². The topological polar surface area (TPSA) is 63.3 Å². The molecule has 2 aromatic carbocycles. The molecule has 0 amide bonds. The van der Waals surface area contributed by atoms with Gasteiger partial charge in [-0.25, -0.2) is 9.78 Å². The number of hydrogen-bond acceptors (Lipinski definition) is 3. The summed E-state index contributed by atoms with van der Waals surface area (Å²) in [6, 6.07) is 10.6. The average molecular weight is 267 g/mol. The van der Waals surface area contributed by atoms with Gasteiger partial charge in [0.15, 0.2) is 5.58 Å². The highest BCUT2D eigenvalue weighted by Gasteiger charge is 2.12. The van der Waals surface area contributed by atoms with Crippen molar-refractivity contribution in [3.05, 3.63) is 53.1 Å². The predicted octanol–water partition coefficient (Wildman–Crippen LogP) is 3.81. The van der Waals surface area contributed by atoms with Crippen molar-refractivity contribution >= 4 is 17.1 Å². The maximum absolute atomic E-state index is 11.0. The highest BCUT2D eigenvalue weighted by molar-refractivity contribution is 5.89. The maximum atomic E-state index is 11.0. The predicted molar refractivity (Wildman–Crippen MR) is 75.9 cm³/mol. The van der Waals surface area contributed by atoms with Crippen molar-refractivity contribution in [2.45, 2.75) is 13.8 Å². The summed E-state index contributed by atoms with van der Waals surface area (Å²) in [6.07, 6.45) is 0. The fourth-order valence-electron chi connectivity index (χ4n) is 2.29. The Balaban J connectivity index is 2.17. The van der Waals surface area contributed by atoms with Crippen molar-refractivity contribution in [2.75, 3.05) is 0 Å². The Kier molecular flexibility index (Phi) is 2.79. The van der Waals surface area contributed by atoms with E-state index in [4.69, 9.17) is 9.52 Å². The molecule has 0 bridgehead atoms. The Morgan fingerprint density at radius 3 is 2.75 bits per heavy atom. The van der Waals surface area contributed by atoms with Crippen LogP contribution < -0.4 is 0 Å². The number of aromatic nitrogens is 1. The molecule has 0 aliphatic heterocycles.